The summed E-state index contributed by atoms with van der Waals surface area (Å²) in [6, 6.07) is 10.7. The number of carbonyl (C=O) groups is 1. The predicted molar refractivity (Wildman–Crippen MR) is 88.9 cm³/mol. The number of hydrogen-bond donors (Lipinski definition) is 1. The predicted octanol–water partition coefficient (Wildman–Crippen LogP) is 1.27. The maximum absolute atomic E-state index is 12.3. The highest BCUT2D eigenvalue weighted by atomic mass is 16.5. The SMILES string of the molecule is COc1ccc(CNC(=O)c2nc3cccnc3n(C)c2=O)cc1. The van der Waals surface area contributed by atoms with Gasteiger partial charge < -0.3 is 10.1 Å². The fourth-order valence-electron chi connectivity index (χ4n) is 2.31. The number of pyridine rings is 1. The summed E-state index contributed by atoms with van der Waals surface area (Å²) in [6.45, 7) is 0.290. The van der Waals surface area contributed by atoms with Crippen molar-refractivity contribution in [1.29, 1.82) is 0 Å². The van der Waals surface area contributed by atoms with Crippen LogP contribution in [0, 0.1) is 0 Å². The average molecular weight is 324 g/mol. The molecule has 122 valence electrons. The van der Waals surface area contributed by atoms with Crippen LogP contribution in [0.3, 0.4) is 0 Å². The lowest BCUT2D eigenvalue weighted by Gasteiger charge is -2.08. The average Bonchev–Trinajstić information content (AvgIpc) is 2.63. The molecule has 3 rings (SSSR count). The van der Waals surface area contributed by atoms with Crippen molar-refractivity contribution in [3.05, 3.63) is 64.2 Å². The van der Waals surface area contributed by atoms with Gasteiger partial charge in [-0.05, 0) is 29.8 Å². The van der Waals surface area contributed by atoms with Crippen molar-refractivity contribution < 1.29 is 9.53 Å². The molecule has 7 heteroatoms. The molecule has 0 aliphatic carbocycles. The molecule has 0 fully saturated rings. The van der Waals surface area contributed by atoms with E-state index in [4.69, 9.17) is 4.74 Å². The summed E-state index contributed by atoms with van der Waals surface area (Å²) >= 11 is 0. The summed E-state index contributed by atoms with van der Waals surface area (Å²) < 4.78 is 6.41. The first kappa shape index (κ1) is 15.7. The molecule has 1 amide bonds. The van der Waals surface area contributed by atoms with Gasteiger partial charge in [-0.3, -0.25) is 14.2 Å². The Morgan fingerprint density at radius 1 is 1.25 bits per heavy atom. The number of aromatic nitrogens is 3. The lowest BCUT2D eigenvalue weighted by atomic mass is 10.2. The van der Waals surface area contributed by atoms with Crippen LogP contribution in [0.15, 0.2) is 47.4 Å². The standard InChI is InChI=1S/C17H16N4O3/c1-21-15-13(4-3-9-18-15)20-14(17(21)23)16(22)19-10-11-5-7-12(24-2)8-6-11/h3-9H,10H2,1-2H3,(H,19,22). The van der Waals surface area contributed by atoms with E-state index in [1.165, 1.54) is 4.57 Å². The summed E-state index contributed by atoms with van der Waals surface area (Å²) in [7, 11) is 3.16. The Hall–Kier alpha value is -3.22. The Balaban J connectivity index is 1.83. The summed E-state index contributed by atoms with van der Waals surface area (Å²) in [5.41, 5.74) is 1.20. The molecular weight excluding hydrogens is 308 g/mol. The zero-order chi connectivity index (χ0) is 17.1. The smallest absolute Gasteiger partial charge is 0.283 e. The van der Waals surface area contributed by atoms with Crippen LogP contribution in [0.1, 0.15) is 16.1 Å². The van der Waals surface area contributed by atoms with Crippen molar-refractivity contribution in [2.45, 2.75) is 6.54 Å². The molecule has 0 aliphatic rings. The fourth-order valence-corrected chi connectivity index (χ4v) is 2.31. The largest absolute Gasteiger partial charge is 0.497 e. The highest BCUT2D eigenvalue weighted by Crippen LogP contribution is 2.11. The molecule has 0 spiro atoms. The van der Waals surface area contributed by atoms with Crippen LogP contribution < -0.4 is 15.6 Å². The van der Waals surface area contributed by atoms with Crippen molar-refractivity contribution in [2.24, 2.45) is 7.05 Å². The van der Waals surface area contributed by atoms with Crippen LogP contribution in [0.4, 0.5) is 0 Å². The number of rotatable bonds is 4. The van der Waals surface area contributed by atoms with Gasteiger partial charge in [-0.2, -0.15) is 0 Å². The fraction of sp³-hybridized carbons (Fsp3) is 0.176. The van der Waals surface area contributed by atoms with E-state index in [1.807, 2.05) is 12.1 Å². The molecule has 0 bridgehead atoms. The maximum atomic E-state index is 12.3. The third-order valence-electron chi connectivity index (χ3n) is 3.65. The molecule has 2 aromatic heterocycles. The second kappa shape index (κ2) is 6.49. The summed E-state index contributed by atoms with van der Waals surface area (Å²) in [4.78, 5) is 32.9. The van der Waals surface area contributed by atoms with Gasteiger partial charge in [-0.15, -0.1) is 0 Å². The molecule has 0 aliphatic heterocycles. The number of nitrogens with zero attached hydrogens (tertiary/aromatic N) is 3. The molecule has 0 atom stereocenters. The number of aryl methyl sites for hydroxylation is 1. The first-order valence-corrected chi connectivity index (χ1v) is 7.33. The first-order chi connectivity index (χ1) is 11.6. The Morgan fingerprint density at radius 3 is 2.71 bits per heavy atom. The van der Waals surface area contributed by atoms with E-state index in [0.29, 0.717) is 17.7 Å². The monoisotopic (exact) mass is 324 g/mol. The van der Waals surface area contributed by atoms with E-state index in [0.717, 1.165) is 11.3 Å². The van der Waals surface area contributed by atoms with Crippen molar-refractivity contribution in [2.75, 3.05) is 7.11 Å². The molecule has 0 unspecified atom stereocenters. The molecule has 0 saturated carbocycles. The Morgan fingerprint density at radius 2 is 2.00 bits per heavy atom. The van der Waals surface area contributed by atoms with E-state index < -0.39 is 11.5 Å². The summed E-state index contributed by atoms with van der Waals surface area (Å²) in [6.07, 6.45) is 1.58. The van der Waals surface area contributed by atoms with Crippen LogP contribution in [-0.4, -0.2) is 27.6 Å². The first-order valence-electron chi connectivity index (χ1n) is 7.33. The Labute approximate surface area is 137 Å². The molecule has 7 nitrogen and oxygen atoms in total. The van der Waals surface area contributed by atoms with Crippen molar-refractivity contribution in [3.8, 4) is 5.75 Å². The van der Waals surface area contributed by atoms with Crippen molar-refractivity contribution in [3.63, 3.8) is 0 Å². The number of ether oxygens (including phenoxy) is 1. The minimum atomic E-state index is -0.517. The van der Waals surface area contributed by atoms with Crippen molar-refractivity contribution in [1.82, 2.24) is 19.9 Å². The lowest BCUT2D eigenvalue weighted by molar-refractivity contribution is 0.0944. The van der Waals surface area contributed by atoms with Gasteiger partial charge in [0.15, 0.2) is 11.3 Å². The molecule has 0 radical (unpaired) electrons. The van der Waals surface area contributed by atoms with Crippen LogP contribution in [0.5, 0.6) is 5.75 Å². The van der Waals surface area contributed by atoms with Crippen LogP contribution in [0.25, 0.3) is 11.2 Å². The summed E-state index contributed by atoms with van der Waals surface area (Å²) in [5, 5.41) is 2.71. The lowest BCUT2D eigenvalue weighted by Crippen LogP contribution is -2.33. The summed E-state index contributed by atoms with van der Waals surface area (Å²) in [5.74, 6) is 0.222. The zero-order valence-electron chi connectivity index (χ0n) is 13.3. The van der Waals surface area contributed by atoms with E-state index in [-0.39, 0.29) is 5.69 Å². The number of amides is 1. The third-order valence-corrected chi connectivity index (χ3v) is 3.65. The van der Waals surface area contributed by atoms with Crippen LogP contribution in [0.2, 0.25) is 0 Å². The molecule has 1 N–H and O–H groups in total. The minimum absolute atomic E-state index is 0.147. The van der Waals surface area contributed by atoms with Gasteiger partial charge >= 0.3 is 0 Å². The second-order valence-electron chi connectivity index (χ2n) is 5.20. The maximum Gasteiger partial charge on any atom is 0.283 e. The van der Waals surface area contributed by atoms with Gasteiger partial charge in [0.1, 0.15) is 11.3 Å². The van der Waals surface area contributed by atoms with Crippen molar-refractivity contribution >= 4 is 17.1 Å². The van der Waals surface area contributed by atoms with E-state index in [1.54, 1.807) is 44.6 Å². The quantitative estimate of drug-likeness (QED) is 0.781. The topological polar surface area (TPSA) is 86.1 Å². The number of fused-ring (bicyclic) bond motifs is 1. The van der Waals surface area contributed by atoms with Crippen LogP contribution >= 0.6 is 0 Å². The molecule has 2 heterocycles. The van der Waals surface area contributed by atoms with Gasteiger partial charge in [0.05, 0.1) is 7.11 Å². The number of nitrogens with one attached hydrogen (secondary N) is 1. The minimum Gasteiger partial charge on any atom is -0.497 e. The Kier molecular flexibility index (Phi) is 4.24. The van der Waals surface area contributed by atoms with Crippen LogP contribution in [-0.2, 0) is 13.6 Å². The number of benzene rings is 1. The van der Waals surface area contributed by atoms with Gasteiger partial charge in [0.2, 0.25) is 0 Å². The third kappa shape index (κ3) is 2.96. The van der Waals surface area contributed by atoms with E-state index >= 15 is 0 Å². The van der Waals surface area contributed by atoms with Gasteiger partial charge in [-0.25, -0.2) is 9.97 Å². The van der Waals surface area contributed by atoms with E-state index in [9.17, 15) is 9.59 Å². The zero-order valence-corrected chi connectivity index (χ0v) is 13.3. The number of methoxy groups -OCH3 is 1. The second-order valence-corrected chi connectivity index (χ2v) is 5.20. The molecule has 3 aromatic rings. The molecule has 1 aromatic carbocycles. The number of hydrogen-bond acceptors (Lipinski definition) is 5. The highest BCUT2D eigenvalue weighted by molar-refractivity contribution is 5.93. The highest BCUT2D eigenvalue weighted by Gasteiger charge is 2.16. The molecule has 24 heavy (non-hydrogen) atoms. The number of carbonyl (C=O) groups excluding carboxylic acids is 1. The molecule has 0 saturated heterocycles. The Bertz CT molecular complexity index is 948. The van der Waals surface area contributed by atoms with Gasteiger partial charge in [-0.1, -0.05) is 12.1 Å². The van der Waals surface area contributed by atoms with E-state index in [2.05, 4.69) is 15.3 Å². The normalized spacial score (nSPS) is 10.6. The van der Waals surface area contributed by atoms with Gasteiger partial charge in [0.25, 0.3) is 11.5 Å². The van der Waals surface area contributed by atoms with Gasteiger partial charge in [0, 0.05) is 19.8 Å². The molecular formula is C17H16N4O3.